The molecule has 0 amide bonds. The highest BCUT2D eigenvalue weighted by Crippen LogP contribution is 2.22. The van der Waals surface area contributed by atoms with Crippen LogP contribution in [0, 0.1) is 11.8 Å². The van der Waals surface area contributed by atoms with Crippen LogP contribution in [0.1, 0.15) is 27.7 Å². The molecule has 0 N–H and O–H groups in total. The molecule has 0 saturated carbocycles. The van der Waals surface area contributed by atoms with Crippen molar-refractivity contribution in [2.45, 2.75) is 37.5 Å². The fourth-order valence-corrected chi connectivity index (χ4v) is 3.02. The molecule has 0 fully saturated rings. The summed E-state index contributed by atoms with van der Waals surface area (Å²) in [6, 6.07) is 14.9. The van der Waals surface area contributed by atoms with Crippen molar-refractivity contribution in [1.82, 2.24) is 0 Å². The Morgan fingerprint density at radius 2 is 1.04 bits per heavy atom. The van der Waals surface area contributed by atoms with E-state index in [9.17, 15) is 4.21 Å². The van der Waals surface area contributed by atoms with Crippen LogP contribution in [-0.4, -0.2) is 17.4 Å². The summed E-state index contributed by atoms with van der Waals surface area (Å²) in [4.78, 5) is 1.53. The first-order chi connectivity index (χ1) is 11.5. The Hall–Kier alpha value is -1.81. The van der Waals surface area contributed by atoms with Crippen molar-refractivity contribution in [3.05, 3.63) is 48.5 Å². The van der Waals surface area contributed by atoms with Crippen LogP contribution in [0.2, 0.25) is 0 Å². The van der Waals surface area contributed by atoms with Crippen LogP contribution in [0.4, 0.5) is 0 Å². The van der Waals surface area contributed by atoms with Crippen LogP contribution in [0.15, 0.2) is 58.3 Å². The van der Waals surface area contributed by atoms with E-state index in [2.05, 4.69) is 27.7 Å². The summed E-state index contributed by atoms with van der Waals surface area (Å²) >= 11 is 0. The van der Waals surface area contributed by atoms with Crippen molar-refractivity contribution in [2.24, 2.45) is 11.8 Å². The van der Waals surface area contributed by atoms with E-state index in [-0.39, 0.29) is 0 Å². The van der Waals surface area contributed by atoms with Gasteiger partial charge in [-0.1, -0.05) is 27.7 Å². The lowest BCUT2D eigenvalue weighted by Crippen LogP contribution is -2.04. The predicted molar refractivity (Wildman–Crippen MR) is 98.2 cm³/mol. The minimum Gasteiger partial charge on any atom is -0.493 e. The third-order valence-corrected chi connectivity index (χ3v) is 4.64. The van der Waals surface area contributed by atoms with Gasteiger partial charge in [-0.15, -0.1) is 0 Å². The van der Waals surface area contributed by atoms with Crippen LogP contribution in [-0.2, 0) is 10.8 Å². The van der Waals surface area contributed by atoms with E-state index < -0.39 is 10.8 Å². The Labute approximate surface area is 147 Å². The molecular formula is C20H26O3S. The SMILES string of the molecule is CC(C)COc1ccc(S(=O)c2ccc(OCC(C)C)cc2)cc1. The van der Waals surface area contributed by atoms with Crippen molar-refractivity contribution in [3.8, 4) is 11.5 Å². The van der Waals surface area contributed by atoms with Crippen molar-refractivity contribution in [2.75, 3.05) is 13.2 Å². The highest BCUT2D eigenvalue weighted by atomic mass is 32.2. The molecule has 4 heteroatoms. The molecule has 0 aromatic heterocycles. The van der Waals surface area contributed by atoms with Crippen molar-refractivity contribution < 1.29 is 13.7 Å². The van der Waals surface area contributed by atoms with Crippen LogP contribution in [0.25, 0.3) is 0 Å². The zero-order chi connectivity index (χ0) is 17.5. The second-order valence-corrected chi connectivity index (χ2v) is 8.10. The van der Waals surface area contributed by atoms with Gasteiger partial charge in [-0.2, -0.15) is 0 Å². The number of benzene rings is 2. The Balaban J connectivity index is 2.00. The van der Waals surface area contributed by atoms with Crippen LogP contribution in [0.3, 0.4) is 0 Å². The Kier molecular flexibility index (Phi) is 6.85. The molecule has 0 atom stereocenters. The van der Waals surface area contributed by atoms with Crippen molar-refractivity contribution in [1.29, 1.82) is 0 Å². The summed E-state index contributed by atoms with van der Waals surface area (Å²) in [5, 5.41) is 0. The van der Waals surface area contributed by atoms with Gasteiger partial charge in [0.15, 0.2) is 0 Å². The molecule has 0 aliphatic rings. The molecule has 0 saturated heterocycles. The maximum absolute atomic E-state index is 12.6. The summed E-state index contributed by atoms with van der Waals surface area (Å²) in [5.41, 5.74) is 0. The summed E-state index contributed by atoms with van der Waals surface area (Å²) < 4.78 is 23.9. The van der Waals surface area contributed by atoms with Gasteiger partial charge in [0.2, 0.25) is 0 Å². The molecule has 0 spiro atoms. The third-order valence-electron chi connectivity index (χ3n) is 3.24. The number of hydrogen-bond donors (Lipinski definition) is 0. The fourth-order valence-electron chi connectivity index (χ4n) is 1.98. The van der Waals surface area contributed by atoms with Gasteiger partial charge in [0.1, 0.15) is 11.5 Å². The van der Waals surface area contributed by atoms with Crippen molar-refractivity contribution in [3.63, 3.8) is 0 Å². The lowest BCUT2D eigenvalue weighted by atomic mass is 10.2. The van der Waals surface area contributed by atoms with Crippen LogP contribution >= 0.6 is 0 Å². The highest BCUT2D eigenvalue weighted by molar-refractivity contribution is 7.85. The predicted octanol–water partition coefficient (Wildman–Crippen LogP) is 4.92. The lowest BCUT2D eigenvalue weighted by molar-refractivity contribution is 0.271. The van der Waals surface area contributed by atoms with Crippen LogP contribution < -0.4 is 9.47 Å². The first kappa shape index (κ1) is 18.5. The molecule has 0 aliphatic carbocycles. The molecule has 0 radical (unpaired) electrons. The van der Waals surface area contributed by atoms with Gasteiger partial charge in [0.25, 0.3) is 0 Å². The molecule has 3 nitrogen and oxygen atoms in total. The van der Waals surface area contributed by atoms with Gasteiger partial charge in [-0.3, -0.25) is 0 Å². The maximum atomic E-state index is 12.6. The van der Waals surface area contributed by atoms with E-state index in [0.717, 1.165) is 21.3 Å². The Morgan fingerprint density at radius 1 is 0.708 bits per heavy atom. The van der Waals surface area contributed by atoms with Crippen molar-refractivity contribution >= 4 is 10.8 Å². The van der Waals surface area contributed by atoms with E-state index in [1.165, 1.54) is 0 Å². The van der Waals surface area contributed by atoms with E-state index in [1.54, 1.807) is 0 Å². The molecule has 2 rings (SSSR count). The fraction of sp³-hybridized carbons (Fsp3) is 0.400. The Morgan fingerprint density at radius 3 is 1.33 bits per heavy atom. The minimum absolute atomic E-state index is 0.482. The number of rotatable bonds is 8. The summed E-state index contributed by atoms with van der Waals surface area (Å²) in [6.07, 6.45) is 0. The lowest BCUT2D eigenvalue weighted by Gasteiger charge is -2.10. The third kappa shape index (κ3) is 5.68. The molecule has 2 aromatic carbocycles. The molecule has 130 valence electrons. The second-order valence-electron chi connectivity index (χ2n) is 6.62. The van der Waals surface area contributed by atoms with E-state index in [1.807, 2.05) is 48.5 Å². The molecular weight excluding hydrogens is 320 g/mol. The number of hydrogen-bond acceptors (Lipinski definition) is 3. The van der Waals surface area contributed by atoms with Gasteiger partial charge in [0.05, 0.1) is 24.0 Å². The second kappa shape index (κ2) is 8.88. The van der Waals surface area contributed by atoms with Gasteiger partial charge in [-0.05, 0) is 60.4 Å². The first-order valence-corrected chi connectivity index (χ1v) is 9.48. The molecule has 24 heavy (non-hydrogen) atoms. The quantitative estimate of drug-likeness (QED) is 0.680. The average molecular weight is 346 g/mol. The van der Waals surface area contributed by atoms with E-state index in [4.69, 9.17) is 9.47 Å². The zero-order valence-corrected chi connectivity index (χ0v) is 15.6. The standard InChI is InChI=1S/C20H26O3S/c1-15(2)13-22-17-5-9-19(10-6-17)24(21)20-11-7-18(8-12-20)23-14-16(3)4/h5-12,15-16H,13-14H2,1-4H3. The Bertz CT molecular complexity index is 588. The van der Waals surface area contributed by atoms with Gasteiger partial charge in [0, 0.05) is 9.79 Å². The monoisotopic (exact) mass is 346 g/mol. The first-order valence-electron chi connectivity index (χ1n) is 8.33. The zero-order valence-electron chi connectivity index (χ0n) is 14.8. The average Bonchev–Trinajstić information content (AvgIpc) is 2.58. The van der Waals surface area contributed by atoms with E-state index in [0.29, 0.717) is 25.0 Å². The summed E-state index contributed by atoms with van der Waals surface area (Å²) in [6.45, 7) is 9.80. The summed E-state index contributed by atoms with van der Waals surface area (Å²) in [7, 11) is -1.20. The number of ether oxygens (including phenoxy) is 2. The minimum atomic E-state index is -1.20. The van der Waals surface area contributed by atoms with E-state index >= 15 is 0 Å². The molecule has 0 aliphatic heterocycles. The molecule has 0 bridgehead atoms. The molecule has 0 heterocycles. The summed E-state index contributed by atoms with van der Waals surface area (Å²) in [5.74, 6) is 2.58. The normalized spacial score (nSPS) is 11.3. The van der Waals surface area contributed by atoms with Gasteiger partial charge >= 0.3 is 0 Å². The van der Waals surface area contributed by atoms with Gasteiger partial charge < -0.3 is 9.47 Å². The smallest absolute Gasteiger partial charge is 0.119 e. The molecule has 0 unspecified atom stereocenters. The molecule has 2 aromatic rings. The topological polar surface area (TPSA) is 35.5 Å². The highest BCUT2D eigenvalue weighted by Gasteiger charge is 2.08. The largest absolute Gasteiger partial charge is 0.493 e. The maximum Gasteiger partial charge on any atom is 0.119 e. The van der Waals surface area contributed by atoms with Crippen LogP contribution in [0.5, 0.6) is 11.5 Å². The van der Waals surface area contributed by atoms with Gasteiger partial charge in [-0.25, -0.2) is 4.21 Å².